The van der Waals surface area contributed by atoms with Crippen LogP contribution in [-0.2, 0) is 36.9 Å². The number of esters is 1. The lowest BCUT2D eigenvalue weighted by molar-refractivity contribution is -0.139. The molecule has 2 aromatic rings. The van der Waals surface area contributed by atoms with E-state index in [1.165, 1.54) is 7.11 Å². The van der Waals surface area contributed by atoms with E-state index < -0.39 is 29.9 Å². The van der Waals surface area contributed by atoms with Crippen molar-refractivity contribution < 1.29 is 28.7 Å². The number of carbonyl (C=O) groups is 4. The summed E-state index contributed by atoms with van der Waals surface area (Å²) in [7, 11) is 1.21. The van der Waals surface area contributed by atoms with Crippen molar-refractivity contribution in [2.24, 2.45) is 5.73 Å². The highest BCUT2D eigenvalue weighted by atomic mass is 16.5. The van der Waals surface area contributed by atoms with E-state index in [0.717, 1.165) is 17.3 Å². The molecule has 0 radical (unpaired) electrons. The SMILES string of the molecule is COC(=O)CN/C=C(/NC(=O)[C@H](Cc1ccccc1)NC(=O)OCc1ccccc1)C(N)=O. The maximum atomic E-state index is 12.9. The third kappa shape index (κ3) is 9.13. The molecule has 10 heteroatoms. The number of alkyl carbamates (subject to hydrolysis) is 1. The Labute approximate surface area is 191 Å². The van der Waals surface area contributed by atoms with E-state index in [2.05, 4.69) is 20.7 Å². The number of hydrogen-bond acceptors (Lipinski definition) is 7. The molecule has 5 N–H and O–H groups in total. The van der Waals surface area contributed by atoms with E-state index in [1.54, 1.807) is 36.4 Å². The van der Waals surface area contributed by atoms with Crippen LogP contribution in [0.25, 0.3) is 0 Å². The molecule has 0 aliphatic heterocycles. The summed E-state index contributed by atoms with van der Waals surface area (Å²) >= 11 is 0. The number of benzene rings is 2. The van der Waals surface area contributed by atoms with Crippen molar-refractivity contribution in [3.05, 3.63) is 83.7 Å². The van der Waals surface area contributed by atoms with Crippen molar-refractivity contribution >= 4 is 23.9 Å². The molecule has 1 atom stereocenters. The predicted octanol–water partition coefficient (Wildman–Crippen LogP) is 0.730. The lowest BCUT2D eigenvalue weighted by Gasteiger charge is -2.19. The Morgan fingerprint density at radius 3 is 2.15 bits per heavy atom. The summed E-state index contributed by atoms with van der Waals surface area (Å²) in [5, 5.41) is 7.41. The van der Waals surface area contributed by atoms with Crippen LogP contribution in [0.2, 0.25) is 0 Å². The molecule has 0 unspecified atom stereocenters. The fourth-order valence-electron chi connectivity index (χ4n) is 2.66. The minimum Gasteiger partial charge on any atom is -0.468 e. The average molecular weight is 454 g/mol. The van der Waals surface area contributed by atoms with Gasteiger partial charge in [0, 0.05) is 12.6 Å². The Kier molecular flexibility index (Phi) is 9.94. The van der Waals surface area contributed by atoms with E-state index in [9.17, 15) is 19.2 Å². The van der Waals surface area contributed by atoms with E-state index in [-0.39, 0.29) is 25.3 Å². The van der Waals surface area contributed by atoms with Gasteiger partial charge in [0.15, 0.2) is 0 Å². The highest BCUT2D eigenvalue weighted by Gasteiger charge is 2.24. The highest BCUT2D eigenvalue weighted by Crippen LogP contribution is 2.06. The Morgan fingerprint density at radius 2 is 1.58 bits per heavy atom. The number of amides is 3. The quantitative estimate of drug-likeness (QED) is 0.289. The van der Waals surface area contributed by atoms with Gasteiger partial charge in [-0.05, 0) is 11.1 Å². The lowest BCUT2D eigenvalue weighted by atomic mass is 10.1. The molecule has 2 aromatic carbocycles. The molecule has 174 valence electrons. The minimum absolute atomic E-state index is 0.0240. The van der Waals surface area contributed by atoms with Gasteiger partial charge in [0.25, 0.3) is 5.91 Å². The van der Waals surface area contributed by atoms with Crippen molar-refractivity contribution in [2.45, 2.75) is 19.1 Å². The smallest absolute Gasteiger partial charge is 0.408 e. The molecule has 0 fully saturated rings. The summed E-state index contributed by atoms with van der Waals surface area (Å²) in [6.45, 7) is -0.211. The van der Waals surface area contributed by atoms with Crippen molar-refractivity contribution in [2.75, 3.05) is 13.7 Å². The van der Waals surface area contributed by atoms with E-state index >= 15 is 0 Å². The van der Waals surface area contributed by atoms with Crippen LogP contribution in [0, 0.1) is 0 Å². The first-order valence-corrected chi connectivity index (χ1v) is 10.0. The van der Waals surface area contributed by atoms with Crippen molar-refractivity contribution in [3.8, 4) is 0 Å². The van der Waals surface area contributed by atoms with Crippen LogP contribution in [0.5, 0.6) is 0 Å². The van der Waals surface area contributed by atoms with Crippen LogP contribution < -0.4 is 21.7 Å². The number of carbonyl (C=O) groups excluding carboxylic acids is 4. The third-order valence-corrected chi connectivity index (χ3v) is 4.35. The van der Waals surface area contributed by atoms with Gasteiger partial charge in [0.1, 0.15) is 24.9 Å². The van der Waals surface area contributed by atoms with Gasteiger partial charge in [-0.2, -0.15) is 0 Å². The first kappa shape index (κ1) is 24.9. The van der Waals surface area contributed by atoms with Crippen molar-refractivity contribution in [1.82, 2.24) is 16.0 Å². The molecular formula is C23H26N4O6. The number of methoxy groups -OCH3 is 1. The van der Waals surface area contributed by atoms with Gasteiger partial charge in [-0.3, -0.25) is 14.4 Å². The van der Waals surface area contributed by atoms with Gasteiger partial charge in [-0.25, -0.2) is 4.79 Å². The van der Waals surface area contributed by atoms with E-state index in [1.807, 2.05) is 24.3 Å². The highest BCUT2D eigenvalue weighted by molar-refractivity contribution is 5.98. The standard InChI is InChI=1S/C23H26N4O6/c1-32-20(28)14-25-13-19(21(24)29)26-22(30)18(12-16-8-4-2-5-9-16)27-23(31)33-15-17-10-6-3-7-11-17/h2-11,13,18,25H,12,14-15H2,1H3,(H2,24,29)(H,26,30)(H,27,31)/b19-13+/t18-/m0/s1. The molecule has 0 bridgehead atoms. The molecule has 0 aromatic heterocycles. The zero-order valence-corrected chi connectivity index (χ0v) is 18.1. The van der Waals surface area contributed by atoms with Crippen molar-refractivity contribution in [3.63, 3.8) is 0 Å². The van der Waals surface area contributed by atoms with Crippen LogP contribution in [0.15, 0.2) is 72.6 Å². The molecular weight excluding hydrogens is 428 g/mol. The molecule has 2 rings (SSSR count). The van der Waals surface area contributed by atoms with Crippen LogP contribution in [0.1, 0.15) is 11.1 Å². The van der Waals surface area contributed by atoms with E-state index in [0.29, 0.717) is 0 Å². The minimum atomic E-state index is -1.07. The van der Waals surface area contributed by atoms with Crippen LogP contribution in [-0.4, -0.2) is 43.6 Å². The number of nitrogens with two attached hydrogens (primary N) is 1. The third-order valence-electron chi connectivity index (χ3n) is 4.35. The molecule has 0 aliphatic rings. The molecule has 0 heterocycles. The van der Waals surface area contributed by atoms with Gasteiger partial charge in [0.2, 0.25) is 5.91 Å². The van der Waals surface area contributed by atoms with Gasteiger partial charge in [-0.1, -0.05) is 60.7 Å². The zero-order valence-electron chi connectivity index (χ0n) is 18.1. The zero-order chi connectivity index (χ0) is 24.1. The van der Waals surface area contributed by atoms with Gasteiger partial charge >= 0.3 is 12.1 Å². The molecule has 0 saturated carbocycles. The van der Waals surface area contributed by atoms with E-state index in [4.69, 9.17) is 10.5 Å². The second kappa shape index (κ2) is 13.2. The summed E-state index contributed by atoms with van der Waals surface area (Å²) in [6.07, 6.45) is 0.419. The lowest BCUT2D eigenvalue weighted by Crippen LogP contribution is -2.49. The first-order chi connectivity index (χ1) is 15.9. The molecule has 0 spiro atoms. The Bertz CT molecular complexity index is 979. The monoisotopic (exact) mass is 454 g/mol. The summed E-state index contributed by atoms with van der Waals surface area (Å²) in [4.78, 5) is 48.1. The van der Waals surface area contributed by atoms with Crippen LogP contribution in [0.4, 0.5) is 4.79 Å². The summed E-state index contributed by atoms with van der Waals surface area (Å²) in [6, 6.07) is 17.0. The summed E-state index contributed by atoms with van der Waals surface area (Å²) in [5.74, 6) is -2.21. The van der Waals surface area contributed by atoms with Gasteiger partial charge in [-0.15, -0.1) is 0 Å². The number of nitrogens with one attached hydrogen (secondary N) is 3. The van der Waals surface area contributed by atoms with Crippen LogP contribution in [0.3, 0.4) is 0 Å². The fraction of sp³-hybridized carbons (Fsp3) is 0.217. The Hall–Kier alpha value is -4.34. The topological polar surface area (TPSA) is 149 Å². The van der Waals surface area contributed by atoms with Gasteiger partial charge in [0.05, 0.1) is 7.11 Å². The molecule has 33 heavy (non-hydrogen) atoms. The van der Waals surface area contributed by atoms with Crippen LogP contribution >= 0.6 is 0 Å². The molecule has 3 amide bonds. The van der Waals surface area contributed by atoms with Gasteiger partial charge < -0.3 is 31.2 Å². The number of hydrogen-bond donors (Lipinski definition) is 4. The fourth-order valence-corrected chi connectivity index (χ4v) is 2.66. The molecule has 0 saturated heterocycles. The molecule has 10 nitrogen and oxygen atoms in total. The number of rotatable bonds is 11. The second-order valence-corrected chi connectivity index (χ2v) is 6.82. The summed E-state index contributed by atoms with van der Waals surface area (Å²) in [5.41, 5.74) is 6.58. The Morgan fingerprint density at radius 1 is 0.970 bits per heavy atom. The van der Waals surface area contributed by atoms with Crippen molar-refractivity contribution in [1.29, 1.82) is 0 Å². The number of ether oxygens (including phenoxy) is 2. The second-order valence-electron chi connectivity index (χ2n) is 6.82. The number of primary amides is 1. The summed E-state index contributed by atoms with van der Waals surface area (Å²) < 4.78 is 9.68. The average Bonchev–Trinajstić information content (AvgIpc) is 2.82. The maximum Gasteiger partial charge on any atom is 0.408 e. The normalized spacial score (nSPS) is 11.6. The largest absolute Gasteiger partial charge is 0.468 e. The molecule has 0 aliphatic carbocycles. The maximum absolute atomic E-state index is 12.9. The predicted molar refractivity (Wildman–Crippen MR) is 119 cm³/mol. The Balaban J connectivity index is 2.08. The first-order valence-electron chi connectivity index (χ1n) is 10.0.